The molecule has 0 unspecified atom stereocenters. The Bertz CT molecular complexity index is 743. The molecule has 0 saturated heterocycles. The van der Waals surface area contributed by atoms with Gasteiger partial charge in [-0.2, -0.15) is 0 Å². The minimum Gasteiger partial charge on any atom is -0.333 e. The van der Waals surface area contributed by atoms with Gasteiger partial charge < -0.3 is 4.57 Å². The van der Waals surface area contributed by atoms with Gasteiger partial charge in [0.1, 0.15) is 0 Å². The summed E-state index contributed by atoms with van der Waals surface area (Å²) in [6.45, 7) is 0.848. The second-order valence-corrected chi connectivity index (χ2v) is 3.99. The van der Waals surface area contributed by atoms with E-state index in [2.05, 4.69) is 38.8 Å². The largest absolute Gasteiger partial charge is 0.333 e. The van der Waals surface area contributed by atoms with Crippen LogP contribution in [0.1, 0.15) is 0 Å². The van der Waals surface area contributed by atoms with Gasteiger partial charge in [-0.25, -0.2) is 0 Å². The standard InChI is InChI=1S/C13H9N3.ClH/c1-2-9-10-8-14-5-4-12(10)16-7-6-15-11(3-1)13(9)16;/h1-6,8H,7H2;1H. The van der Waals surface area contributed by atoms with Crippen molar-refractivity contribution >= 4 is 46.1 Å². The average Bonchev–Trinajstić information content (AvgIpc) is 2.68. The summed E-state index contributed by atoms with van der Waals surface area (Å²) in [5, 5.41) is 2.46. The van der Waals surface area contributed by atoms with E-state index in [9.17, 15) is 0 Å². The van der Waals surface area contributed by atoms with E-state index in [0.717, 1.165) is 12.2 Å². The zero-order valence-electron chi connectivity index (χ0n) is 9.00. The van der Waals surface area contributed by atoms with Crippen molar-refractivity contribution in [1.29, 1.82) is 0 Å². The van der Waals surface area contributed by atoms with Gasteiger partial charge in [0.25, 0.3) is 0 Å². The molecule has 0 aliphatic carbocycles. The smallest absolute Gasteiger partial charge is 0.0869 e. The molecule has 2 aromatic heterocycles. The van der Waals surface area contributed by atoms with E-state index in [4.69, 9.17) is 0 Å². The van der Waals surface area contributed by atoms with Crippen LogP contribution in [0, 0.1) is 0 Å². The summed E-state index contributed by atoms with van der Waals surface area (Å²) in [6.07, 6.45) is 5.74. The van der Waals surface area contributed by atoms with Gasteiger partial charge in [0, 0.05) is 29.4 Å². The number of nitrogens with zero attached hydrogens (tertiary/aromatic N) is 3. The van der Waals surface area contributed by atoms with Crippen LogP contribution in [0.3, 0.4) is 0 Å². The zero-order valence-corrected chi connectivity index (χ0v) is 9.81. The molecule has 0 saturated carbocycles. The third-order valence-electron chi connectivity index (χ3n) is 3.16. The second kappa shape index (κ2) is 3.57. The molecule has 0 spiro atoms. The fourth-order valence-corrected chi connectivity index (χ4v) is 2.50. The lowest BCUT2D eigenvalue weighted by Gasteiger charge is -2.09. The first-order valence-electron chi connectivity index (χ1n) is 5.32. The van der Waals surface area contributed by atoms with E-state index in [-0.39, 0.29) is 12.4 Å². The number of aromatic nitrogens is 2. The highest BCUT2D eigenvalue weighted by Crippen LogP contribution is 2.35. The maximum atomic E-state index is 4.44. The van der Waals surface area contributed by atoms with Crippen molar-refractivity contribution in [2.24, 2.45) is 4.99 Å². The molecule has 3 nitrogen and oxygen atoms in total. The Kier molecular flexibility index (Phi) is 2.16. The number of para-hydroxylation sites is 1. The summed E-state index contributed by atoms with van der Waals surface area (Å²) in [5.74, 6) is 0. The van der Waals surface area contributed by atoms with Crippen LogP contribution in [-0.4, -0.2) is 15.8 Å². The maximum absolute atomic E-state index is 4.44. The van der Waals surface area contributed by atoms with Gasteiger partial charge in [-0.1, -0.05) is 12.1 Å². The number of aliphatic imine (C=N–C) groups is 1. The van der Waals surface area contributed by atoms with Crippen LogP contribution in [0.5, 0.6) is 0 Å². The van der Waals surface area contributed by atoms with Crippen LogP contribution < -0.4 is 0 Å². The van der Waals surface area contributed by atoms with Crippen molar-refractivity contribution in [2.75, 3.05) is 0 Å². The Morgan fingerprint density at radius 3 is 3.00 bits per heavy atom. The Balaban J connectivity index is 0.000000902. The van der Waals surface area contributed by atoms with Crippen molar-refractivity contribution < 1.29 is 0 Å². The molecule has 1 aliphatic rings. The van der Waals surface area contributed by atoms with Crippen LogP contribution in [0.25, 0.3) is 21.8 Å². The fourth-order valence-electron chi connectivity index (χ4n) is 2.50. The first-order chi connectivity index (χ1) is 7.95. The number of halogens is 1. The van der Waals surface area contributed by atoms with Crippen molar-refractivity contribution in [3.8, 4) is 0 Å². The minimum absolute atomic E-state index is 0. The monoisotopic (exact) mass is 243 g/mol. The Morgan fingerprint density at radius 1 is 1.12 bits per heavy atom. The molecular formula is C13H10ClN3. The third kappa shape index (κ3) is 1.23. The van der Waals surface area contributed by atoms with E-state index in [1.165, 1.54) is 21.8 Å². The van der Waals surface area contributed by atoms with E-state index in [1.54, 1.807) is 0 Å². The first kappa shape index (κ1) is 10.3. The lowest BCUT2D eigenvalue weighted by Crippen LogP contribution is -2.01. The Hall–Kier alpha value is -1.87. The number of rotatable bonds is 0. The lowest BCUT2D eigenvalue weighted by atomic mass is 10.2. The van der Waals surface area contributed by atoms with Crippen LogP contribution in [0.2, 0.25) is 0 Å². The summed E-state index contributed by atoms with van der Waals surface area (Å²) >= 11 is 0. The lowest BCUT2D eigenvalue weighted by molar-refractivity contribution is 0.937. The second-order valence-electron chi connectivity index (χ2n) is 3.99. The van der Waals surface area contributed by atoms with E-state index in [0.29, 0.717) is 0 Å². The number of pyridine rings is 1. The summed E-state index contributed by atoms with van der Waals surface area (Å²) in [4.78, 5) is 8.65. The molecule has 4 rings (SSSR count). The van der Waals surface area contributed by atoms with Gasteiger partial charge in [-0.05, 0) is 12.1 Å². The predicted molar refractivity (Wildman–Crippen MR) is 72.6 cm³/mol. The molecule has 0 fully saturated rings. The molecule has 0 amide bonds. The Labute approximate surface area is 104 Å². The van der Waals surface area contributed by atoms with Crippen molar-refractivity contribution in [1.82, 2.24) is 9.55 Å². The number of benzene rings is 1. The van der Waals surface area contributed by atoms with Crippen LogP contribution in [-0.2, 0) is 6.54 Å². The summed E-state index contributed by atoms with van der Waals surface area (Å²) in [7, 11) is 0. The molecule has 3 aromatic rings. The van der Waals surface area contributed by atoms with Gasteiger partial charge in [0.15, 0.2) is 0 Å². The molecule has 4 heteroatoms. The Morgan fingerprint density at radius 2 is 2.06 bits per heavy atom. The van der Waals surface area contributed by atoms with Crippen LogP contribution >= 0.6 is 12.4 Å². The maximum Gasteiger partial charge on any atom is 0.0869 e. The summed E-state index contributed by atoms with van der Waals surface area (Å²) in [6, 6.07) is 8.32. The molecule has 17 heavy (non-hydrogen) atoms. The highest BCUT2D eigenvalue weighted by molar-refractivity contribution is 6.12. The molecule has 1 aliphatic heterocycles. The van der Waals surface area contributed by atoms with Crippen molar-refractivity contribution in [3.05, 3.63) is 36.7 Å². The first-order valence-corrected chi connectivity index (χ1v) is 5.32. The zero-order chi connectivity index (χ0) is 10.5. The van der Waals surface area contributed by atoms with Gasteiger partial charge in [0.2, 0.25) is 0 Å². The topological polar surface area (TPSA) is 30.2 Å². The van der Waals surface area contributed by atoms with Gasteiger partial charge in [0.05, 0.1) is 23.3 Å². The molecule has 3 heterocycles. The van der Waals surface area contributed by atoms with Crippen LogP contribution in [0.15, 0.2) is 41.7 Å². The van der Waals surface area contributed by atoms with E-state index < -0.39 is 0 Å². The average molecular weight is 244 g/mol. The molecule has 0 bridgehead atoms. The van der Waals surface area contributed by atoms with Gasteiger partial charge in [-0.15, -0.1) is 12.4 Å². The molecule has 0 atom stereocenters. The minimum atomic E-state index is 0. The summed E-state index contributed by atoms with van der Waals surface area (Å²) in [5.41, 5.74) is 3.52. The SMILES string of the molecule is C1=Nc2cccc3c4cnccc4n(c23)C1.Cl. The highest BCUT2D eigenvalue weighted by atomic mass is 35.5. The highest BCUT2D eigenvalue weighted by Gasteiger charge is 2.14. The molecule has 0 N–H and O–H groups in total. The van der Waals surface area contributed by atoms with Crippen LogP contribution in [0.4, 0.5) is 5.69 Å². The fraction of sp³-hybridized carbons (Fsp3) is 0.0769. The number of hydrogen-bond donors (Lipinski definition) is 0. The predicted octanol–water partition coefficient (Wildman–Crippen LogP) is 3.33. The van der Waals surface area contributed by atoms with E-state index in [1.807, 2.05) is 18.6 Å². The van der Waals surface area contributed by atoms with Crippen molar-refractivity contribution in [2.45, 2.75) is 6.54 Å². The molecule has 1 aromatic carbocycles. The molecular weight excluding hydrogens is 234 g/mol. The quantitative estimate of drug-likeness (QED) is 0.596. The third-order valence-corrected chi connectivity index (χ3v) is 3.16. The van der Waals surface area contributed by atoms with E-state index >= 15 is 0 Å². The normalized spacial score (nSPS) is 12.9. The molecule has 84 valence electrons. The van der Waals surface area contributed by atoms with Crippen molar-refractivity contribution in [3.63, 3.8) is 0 Å². The number of fused-ring (bicyclic) bond motifs is 3. The summed E-state index contributed by atoms with van der Waals surface area (Å²) < 4.78 is 2.30. The van der Waals surface area contributed by atoms with Gasteiger partial charge >= 0.3 is 0 Å². The number of hydrogen-bond acceptors (Lipinski definition) is 2. The molecule has 0 radical (unpaired) electrons. The van der Waals surface area contributed by atoms with Gasteiger partial charge in [-0.3, -0.25) is 9.98 Å².